The first kappa shape index (κ1) is 11.9. The summed E-state index contributed by atoms with van der Waals surface area (Å²) in [6.07, 6.45) is 0.647. The van der Waals surface area contributed by atoms with Gasteiger partial charge in [-0.2, -0.15) is 5.10 Å². The van der Waals surface area contributed by atoms with E-state index >= 15 is 0 Å². The summed E-state index contributed by atoms with van der Waals surface area (Å²) >= 11 is 0. The molecule has 0 atom stereocenters. The first-order valence-corrected chi connectivity index (χ1v) is 5.97. The lowest BCUT2D eigenvalue weighted by atomic mass is 9.98. The Balaban J connectivity index is 2.47. The number of benzene rings is 1. The van der Waals surface area contributed by atoms with Crippen LogP contribution in [0.1, 0.15) is 31.0 Å². The van der Waals surface area contributed by atoms with Gasteiger partial charge < -0.3 is 5.11 Å². The summed E-state index contributed by atoms with van der Waals surface area (Å²) in [5, 5.41) is 16.7. The van der Waals surface area contributed by atoms with Crippen molar-refractivity contribution in [3.8, 4) is 11.3 Å². The molecule has 1 heterocycles. The van der Waals surface area contributed by atoms with Crippen LogP contribution < -0.4 is 0 Å². The molecule has 3 nitrogen and oxygen atoms in total. The molecule has 1 aromatic carbocycles. The monoisotopic (exact) mass is 230 g/mol. The second kappa shape index (κ2) is 5.15. The highest BCUT2D eigenvalue weighted by Gasteiger charge is 2.16. The van der Waals surface area contributed by atoms with Gasteiger partial charge in [-0.15, -0.1) is 0 Å². The number of hydrogen-bond acceptors (Lipinski definition) is 2. The van der Waals surface area contributed by atoms with Crippen molar-refractivity contribution in [1.82, 2.24) is 10.2 Å². The molecule has 0 amide bonds. The van der Waals surface area contributed by atoms with Gasteiger partial charge in [-0.25, -0.2) is 0 Å². The normalized spacial score (nSPS) is 11.1. The van der Waals surface area contributed by atoms with E-state index in [-0.39, 0.29) is 6.61 Å². The Morgan fingerprint density at radius 1 is 1.24 bits per heavy atom. The molecule has 1 aromatic heterocycles. The Morgan fingerprint density at radius 2 is 1.94 bits per heavy atom. The molecule has 90 valence electrons. The van der Waals surface area contributed by atoms with Gasteiger partial charge in [-0.3, -0.25) is 5.10 Å². The second-order valence-electron chi connectivity index (χ2n) is 4.46. The van der Waals surface area contributed by atoms with Gasteiger partial charge in [0, 0.05) is 23.4 Å². The van der Waals surface area contributed by atoms with E-state index in [1.54, 1.807) is 0 Å². The summed E-state index contributed by atoms with van der Waals surface area (Å²) in [4.78, 5) is 0. The molecule has 0 fully saturated rings. The van der Waals surface area contributed by atoms with Crippen LogP contribution in [0.5, 0.6) is 0 Å². The van der Waals surface area contributed by atoms with Crippen molar-refractivity contribution in [3.05, 3.63) is 41.6 Å². The van der Waals surface area contributed by atoms with Gasteiger partial charge in [-0.05, 0) is 12.3 Å². The first-order chi connectivity index (χ1) is 8.24. The highest BCUT2D eigenvalue weighted by molar-refractivity contribution is 5.64. The zero-order chi connectivity index (χ0) is 12.3. The SMILES string of the molecule is CC(C)c1[nH]nc(-c2ccccc2)c1CCO. The van der Waals surface area contributed by atoms with Crippen LogP contribution in [-0.2, 0) is 6.42 Å². The molecule has 2 aromatic rings. The highest BCUT2D eigenvalue weighted by atomic mass is 16.2. The van der Waals surface area contributed by atoms with Crippen molar-refractivity contribution in [2.24, 2.45) is 0 Å². The maximum Gasteiger partial charge on any atom is 0.0956 e. The van der Waals surface area contributed by atoms with E-state index in [1.165, 1.54) is 0 Å². The zero-order valence-corrected chi connectivity index (χ0v) is 10.3. The molecule has 0 spiro atoms. The average Bonchev–Trinajstić information content (AvgIpc) is 2.75. The standard InChI is InChI=1S/C14H18N2O/c1-10(2)13-12(8-9-17)14(16-15-13)11-6-4-3-5-7-11/h3-7,10,17H,8-9H2,1-2H3,(H,15,16). The van der Waals surface area contributed by atoms with Crippen LogP contribution in [0.4, 0.5) is 0 Å². The molecule has 2 N–H and O–H groups in total. The molecular weight excluding hydrogens is 212 g/mol. The van der Waals surface area contributed by atoms with Gasteiger partial charge >= 0.3 is 0 Å². The van der Waals surface area contributed by atoms with Crippen molar-refractivity contribution in [1.29, 1.82) is 0 Å². The third kappa shape index (κ3) is 2.39. The van der Waals surface area contributed by atoms with Crippen molar-refractivity contribution in [2.75, 3.05) is 6.61 Å². The number of nitrogens with one attached hydrogen (secondary N) is 1. The molecule has 3 heteroatoms. The average molecular weight is 230 g/mol. The fourth-order valence-corrected chi connectivity index (χ4v) is 2.06. The minimum Gasteiger partial charge on any atom is -0.396 e. The van der Waals surface area contributed by atoms with Crippen LogP contribution in [0.3, 0.4) is 0 Å². The third-order valence-corrected chi connectivity index (χ3v) is 2.89. The van der Waals surface area contributed by atoms with Crippen LogP contribution in [0.25, 0.3) is 11.3 Å². The lowest BCUT2D eigenvalue weighted by molar-refractivity contribution is 0.299. The second-order valence-corrected chi connectivity index (χ2v) is 4.46. The molecule has 0 saturated carbocycles. The van der Waals surface area contributed by atoms with Gasteiger partial charge in [-0.1, -0.05) is 44.2 Å². The summed E-state index contributed by atoms with van der Waals surface area (Å²) in [6, 6.07) is 10.1. The van der Waals surface area contributed by atoms with Crippen LogP contribution in [0, 0.1) is 0 Å². The topological polar surface area (TPSA) is 48.9 Å². The Morgan fingerprint density at radius 3 is 2.53 bits per heavy atom. The van der Waals surface area contributed by atoms with E-state index in [9.17, 15) is 5.11 Å². The summed E-state index contributed by atoms with van der Waals surface area (Å²) in [5.41, 5.74) is 4.31. The summed E-state index contributed by atoms with van der Waals surface area (Å²) in [6.45, 7) is 4.41. The minimum absolute atomic E-state index is 0.152. The van der Waals surface area contributed by atoms with Crippen molar-refractivity contribution in [2.45, 2.75) is 26.2 Å². The highest BCUT2D eigenvalue weighted by Crippen LogP contribution is 2.27. The number of rotatable bonds is 4. The van der Waals surface area contributed by atoms with Crippen molar-refractivity contribution < 1.29 is 5.11 Å². The lowest BCUT2D eigenvalue weighted by Gasteiger charge is -2.07. The quantitative estimate of drug-likeness (QED) is 0.848. The predicted octanol–water partition coefficient (Wildman–Crippen LogP) is 2.73. The third-order valence-electron chi connectivity index (χ3n) is 2.89. The lowest BCUT2D eigenvalue weighted by Crippen LogP contribution is -1.98. The van der Waals surface area contributed by atoms with E-state index in [1.807, 2.05) is 30.3 Å². The molecule has 17 heavy (non-hydrogen) atoms. The maximum atomic E-state index is 9.17. The van der Waals surface area contributed by atoms with E-state index in [4.69, 9.17) is 0 Å². The van der Waals surface area contributed by atoms with Gasteiger partial charge in [0.25, 0.3) is 0 Å². The smallest absolute Gasteiger partial charge is 0.0956 e. The molecule has 0 saturated heterocycles. The minimum atomic E-state index is 0.152. The molecule has 2 rings (SSSR count). The molecule has 0 unspecified atom stereocenters. The van der Waals surface area contributed by atoms with Gasteiger partial charge in [0.1, 0.15) is 0 Å². The van der Waals surface area contributed by atoms with Crippen LogP contribution >= 0.6 is 0 Å². The predicted molar refractivity (Wildman–Crippen MR) is 68.9 cm³/mol. The van der Waals surface area contributed by atoms with Crippen molar-refractivity contribution >= 4 is 0 Å². The maximum absolute atomic E-state index is 9.17. The molecule has 0 aliphatic carbocycles. The van der Waals surface area contributed by atoms with Gasteiger partial charge in [0.2, 0.25) is 0 Å². The Hall–Kier alpha value is -1.61. The molecule has 0 aliphatic heterocycles. The van der Waals surface area contributed by atoms with E-state index in [0.29, 0.717) is 12.3 Å². The number of aromatic nitrogens is 2. The fourth-order valence-electron chi connectivity index (χ4n) is 2.06. The van der Waals surface area contributed by atoms with Crippen molar-refractivity contribution in [3.63, 3.8) is 0 Å². The van der Waals surface area contributed by atoms with Gasteiger partial charge in [0.05, 0.1) is 5.69 Å². The van der Waals surface area contributed by atoms with Crippen LogP contribution in [0.2, 0.25) is 0 Å². The summed E-state index contributed by atoms with van der Waals surface area (Å²) < 4.78 is 0. The Labute approximate surface area is 102 Å². The number of hydrogen-bond donors (Lipinski definition) is 2. The Kier molecular flexibility index (Phi) is 3.59. The zero-order valence-electron chi connectivity index (χ0n) is 10.3. The number of aromatic amines is 1. The number of aliphatic hydroxyl groups excluding tert-OH is 1. The number of nitrogens with zero attached hydrogens (tertiary/aromatic N) is 1. The largest absolute Gasteiger partial charge is 0.396 e. The van der Waals surface area contributed by atoms with Gasteiger partial charge in [0.15, 0.2) is 0 Å². The van der Waals surface area contributed by atoms with Crippen LogP contribution in [0.15, 0.2) is 30.3 Å². The Bertz CT molecular complexity index is 474. The molecule has 0 radical (unpaired) electrons. The molecule has 0 bridgehead atoms. The van der Waals surface area contributed by atoms with Crippen LogP contribution in [-0.4, -0.2) is 21.9 Å². The fraction of sp³-hybridized carbons (Fsp3) is 0.357. The number of H-pyrrole nitrogens is 1. The number of aliphatic hydroxyl groups is 1. The van der Waals surface area contributed by atoms with E-state index in [0.717, 1.165) is 22.5 Å². The molecule has 0 aliphatic rings. The van der Waals surface area contributed by atoms with E-state index in [2.05, 4.69) is 24.0 Å². The first-order valence-electron chi connectivity index (χ1n) is 5.97. The van der Waals surface area contributed by atoms with E-state index < -0.39 is 0 Å². The summed E-state index contributed by atoms with van der Waals surface area (Å²) in [5.74, 6) is 0.390. The molecular formula is C14H18N2O. The summed E-state index contributed by atoms with van der Waals surface area (Å²) in [7, 11) is 0.